The van der Waals surface area contributed by atoms with Gasteiger partial charge in [0.05, 0.1) is 24.3 Å². The largest absolute Gasteiger partial charge is 0.469 e. The Labute approximate surface area is 117 Å². The van der Waals surface area contributed by atoms with E-state index in [1.54, 1.807) is 6.92 Å². The summed E-state index contributed by atoms with van der Waals surface area (Å²) in [5.41, 5.74) is 0. The number of sulfonamides is 1. The molecule has 8 nitrogen and oxygen atoms in total. The van der Waals surface area contributed by atoms with Crippen LogP contribution in [0.25, 0.3) is 0 Å². The van der Waals surface area contributed by atoms with Gasteiger partial charge in [-0.2, -0.15) is 5.10 Å². The molecule has 3 unspecified atom stereocenters. The van der Waals surface area contributed by atoms with Gasteiger partial charge in [-0.3, -0.25) is 9.89 Å². The van der Waals surface area contributed by atoms with Crippen molar-refractivity contribution in [3.63, 3.8) is 0 Å². The van der Waals surface area contributed by atoms with Gasteiger partial charge in [-0.15, -0.1) is 0 Å². The Bertz CT molecular complexity index is 557. The van der Waals surface area contributed by atoms with Crippen LogP contribution in [-0.2, 0) is 19.6 Å². The van der Waals surface area contributed by atoms with Crippen LogP contribution >= 0.6 is 0 Å². The SMILES string of the molecule is COC(=O)C1CCCC1S(=O)(=O)NC(C)c1ncn[nH]1. The van der Waals surface area contributed by atoms with Crippen LogP contribution in [0.15, 0.2) is 6.33 Å². The molecule has 0 amide bonds. The van der Waals surface area contributed by atoms with Crippen molar-refractivity contribution in [2.75, 3.05) is 7.11 Å². The zero-order chi connectivity index (χ0) is 14.8. The van der Waals surface area contributed by atoms with Gasteiger partial charge < -0.3 is 4.74 Å². The summed E-state index contributed by atoms with van der Waals surface area (Å²) >= 11 is 0. The second-order valence-electron chi connectivity index (χ2n) is 4.85. The number of aromatic nitrogens is 3. The van der Waals surface area contributed by atoms with E-state index >= 15 is 0 Å². The predicted molar refractivity (Wildman–Crippen MR) is 70.0 cm³/mol. The molecule has 1 aliphatic carbocycles. The van der Waals surface area contributed by atoms with E-state index in [-0.39, 0.29) is 0 Å². The summed E-state index contributed by atoms with van der Waals surface area (Å²) in [7, 11) is -2.36. The van der Waals surface area contributed by atoms with E-state index in [0.29, 0.717) is 25.1 Å². The number of hydrogen-bond donors (Lipinski definition) is 2. The third kappa shape index (κ3) is 2.98. The highest BCUT2D eigenvalue weighted by molar-refractivity contribution is 7.90. The second-order valence-corrected chi connectivity index (χ2v) is 6.79. The van der Waals surface area contributed by atoms with Gasteiger partial charge in [0.1, 0.15) is 12.2 Å². The molecule has 0 aliphatic heterocycles. The first-order valence-electron chi connectivity index (χ1n) is 6.40. The molecule has 2 rings (SSSR count). The minimum absolute atomic E-state index is 0.432. The lowest BCUT2D eigenvalue weighted by atomic mass is 10.1. The average molecular weight is 302 g/mol. The van der Waals surface area contributed by atoms with Gasteiger partial charge in [0.25, 0.3) is 0 Å². The third-order valence-electron chi connectivity index (χ3n) is 3.54. The molecule has 0 aromatic carbocycles. The topological polar surface area (TPSA) is 114 Å². The standard InChI is InChI=1S/C11H18N4O4S/c1-7(10-12-6-13-14-10)15-20(17,18)9-5-3-4-8(9)11(16)19-2/h6-9,15H,3-5H2,1-2H3,(H,12,13,14). The Hall–Kier alpha value is -1.48. The Kier molecular flexibility index (Phi) is 4.39. The van der Waals surface area contributed by atoms with Crippen molar-refractivity contribution in [1.29, 1.82) is 0 Å². The fraction of sp³-hybridized carbons (Fsp3) is 0.727. The van der Waals surface area contributed by atoms with E-state index in [0.717, 1.165) is 0 Å². The van der Waals surface area contributed by atoms with Crippen LogP contribution < -0.4 is 4.72 Å². The number of H-pyrrole nitrogens is 1. The van der Waals surface area contributed by atoms with Gasteiger partial charge in [0.15, 0.2) is 0 Å². The Morgan fingerprint density at radius 3 is 2.90 bits per heavy atom. The van der Waals surface area contributed by atoms with E-state index in [4.69, 9.17) is 0 Å². The molecule has 112 valence electrons. The Morgan fingerprint density at radius 2 is 2.30 bits per heavy atom. The fourth-order valence-corrected chi connectivity index (χ4v) is 4.47. The van der Waals surface area contributed by atoms with Crippen molar-refractivity contribution >= 4 is 16.0 Å². The fourth-order valence-electron chi connectivity index (χ4n) is 2.53. The molecule has 1 aromatic heterocycles. The van der Waals surface area contributed by atoms with Crippen molar-refractivity contribution in [3.8, 4) is 0 Å². The second kappa shape index (κ2) is 5.88. The van der Waals surface area contributed by atoms with Gasteiger partial charge in [-0.25, -0.2) is 18.1 Å². The number of methoxy groups -OCH3 is 1. The molecule has 1 aromatic rings. The van der Waals surface area contributed by atoms with E-state index < -0.39 is 33.2 Å². The highest BCUT2D eigenvalue weighted by Crippen LogP contribution is 2.32. The maximum absolute atomic E-state index is 12.4. The minimum Gasteiger partial charge on any atom is -0.469 e. The molecule has 9 heteroatoms. The zero-order valence-corrected chi connectivity index (χ0v) is 12.2. The third-order valence-corrected chi connectivity index (χ3v) is 5.58. The zero-order valence-electron chi connectivity index (χ0n) is 11.4. The summed E-state index contributed by atoms with van der Waals surface area (Å²) in [4.78, 5) is 15.6. The smallest absolute Gasteiger partial charge is 0.310 e. The molecule has 3 atom stereocenters. The maximum atomic E-state index is 12.4. The molecule has 20 heavy (non-hydrogen) atoms. The van der Waals surface area contributed by atoms with Gasteiger partial charge in [0.2, 0.25) is 10.0 Å². The van der Waals surface area contributed by atoms with Gasteiger partial charge >= 0.3 is 5.97 Å². The van der Waals surface area contributed by atoms with Crippen molar-refractivity contribution in [3.05, 3.63) is 12.2 Å². The Morgan fingerprint density at radius 1 is 1.55 bits per heavy atom. The molecule has 1 heterocycles. The van der Waals surface area contributed by atoms with Gasteiger partial charge in [0, 0.05) is 0 Å². The first kappa shape index (κ1) is 14.9. The average Bonchev–Trinajstić information content (AvgIpc) is 3.08. The van der Waals surface area contributed by atoms with Crippen LogP contribution in [0.1, 0.15) is 38.1 Å². The molecule has 2 N–H and O–H groups in total. The number of esters is 1. The normalized spacial score (nSPS) is 24.5. The number of aromatic amines is 1. The van der Waals surface area contributed by atoms with Crippen molar-refractivity contribution in [1.82, 2.24) is 19.9 Å². The van der Waals surface area contributed by atoms with Crippen molar-refractivity contribution < 1.29 is 17.9 Å². The predicted octanol–water partition coefficient (Wildman–Crippen LogP) is 0.127. The van der Waals surface area contributed by atoms with E-state index in [2.05, 4.69) is 24.6 Å². The quantitative estimate of drug-likeness (QED) is 0.747. The van der Waals surface area contributed by atoms with Gasteiger partial charge in [-0.1, -0.05) is 6.42 Å². The van der Waals surface area contributed by atoms with E-state index in [1.165, 1.54) is 13.4 Å². The molecular weight excluding hydrogens is 284 g/mol. The molecule has 0 bridgehead atoms. The van der Waals surface area contributed by atoms with Crippen LogP contribution in [0.4, 0.5) is 0 Å². The molecule has 1 saturated carbocycles. The number of rotatable bonds is 5. The number of carbonyl (C=O) groups excluding carboxylic acids is 1. The molecule has 0 radical (unpaired) electrons. The summed E-state index contributed by atoms with van der Waals surface area (Å²) in [6, 6.07) is -0.526. The Balaban J connectivity index is 2.11. The van der Waals surface area contributed by atoms with Crippen LogP contribution in [0, 0.1) is 5.92 Å². The first-order chi connectivity index (χ1) is 9.45. The van der Waals surface area contributed by atoms with Crippen LogP contribution in [0.2, 0.25) is 0 Å². The van der Waals surface area contributed by atoms with E-state index in [1.807, 2.05) is 0 Å². The summed E-state index contributed by atoms with van der Waals surface area (Å²) in [5.74, 6) is -0.634. The lowest BCUT2D eigenvalue weighted by molar-refractivity contribution is -0.145. The first-order valence-corrected chi connectivity index (χ1v) is 7.94. The lowest BCUT2D eigenvalue weighted by Gasteiger charge is -2.20. The van der Waals surface area contributed by atoms with Crippen molar-refractivity contribution in [2.24, 2.45) is 5.92 Å². The van der Waals surface area contributed by atoms with Gasteiger partial charge in [-0.05, 0) is 19.8 Å². The highest BCUT2D eigenvalue weighted by atomic mass is 32.2. The minimum atomic E-state index is -3.63. The van der Waals surface area contributed by atoms with E-state index in [9.17, 15) is 13.2 Å². The number of ether oxygens (including phenoxy) is 1. The molecule has 1 fully saturated rings. The van der Waals surface area contributed by atoms with Crippen molar-refractivity contribution in [2.45, 2.75) is 37.5 Å². The number of nitrogens with one attached hydrogen (secondary N) is 2. The lowest BCUT2D eigenvalue weighted by Crippen LogP contribution is -2.40. The highest BCUT2D eigenvalue weighted by Gasteiger charge is 2.42. The van der Waals surface area contributed by atoms with Crippen LogP contribution in [0.3, 0.4) is 0 Å². The number of nitrogens with zero attached hydrogens (tertiary/aromatic N) is 2. The summed E-state index contributed by atoms with van der Waals surface area (Å²) < 4.78 is 32.0. The maximum Gasteiger partial charge on any atom is 0.310 e. The summed E-state index contributed by atoms with van der Waals surface area (Å²) in [6.45, 7) is 1.67. The molecule has 0 saturated heterocycles. The molecule has 1 aliphatic rings. The number of hydrogen-bond acceptors (Lipinski definition) is 6. The number of carbonyl (C=O) groups is 1. The summed E-state index contributed by atoms with van der Waals surface area (Å²) in [6.07, 6.45) is 3.00. The van der Waals surface area contributed by atoms with Crippen LogP contribution in [-0.4, -0.2) is 41.9 Å². The molecule has 0 spiro atoms. The summed E-state index contributed by atoms with van der Waals surface area (Å²) in [5, 5.41) is 5.55. The molecular formula is C11H18N4O4S. The monoisotopic (exact) mass is 302 g/mol. The van der Waals surface area contributed by atoms with Crippen LogP contribution in [0.5, 0.6) is 0 Å².